The van der Waals surface area contributed by atoms with Crippen molar-refractivity contribution in [3.8, 4) is 62.1 Å². The van der Waals surface area contributed by atoms with Crippen molar-refractivity contribution in [2.45, 2.75) is 0 Å². The van der Waals surface area contributed by atoms with Crippen LogP contribution in [0.5, 0.6) is 0 Å². The summed E-state index contributed by atoms with van der Waals surface area (Å²) in [6.45, 7) is 0. The van der Waals surface area contributed by atoms with Gasteiger partial charge in [-0.1, -0.05) is 164 Å². The standard InChI is InChI=1S/C51H32N4O/c1-4-15-33(16-5-1)36-21-12-22-38(31-36)50-52-49(35-19-8-3-9-20-35)53-51(54-50)43-26-13-24-41-42-25-14-28-45(48(42)56-47(41)43)55-44-27-11-10-23-39(44)40-30-29-37(32-46(40)55)34-17-6-2-7-18-34/h1-32H. The third kappa shape index (κ3) is 5.29. The minimum Gasteiger partial charge on any atom is -0.453 e. The molecular weight excluding hydrogens is 685 g/mol. The van der Waals surface area contributed by atoms with E-state index in [1.165, 1.54) is 16.3 Å². The van der Waals surface area contributed by atoms with E-state index in [0.717, 1.165) is 72.0 Å². The molecule has 0 fully saturated rings. The first-order valence-corrected chi connectivity index (χ1v) is 18.8. The summed E-state index contributed by atoms with van der Waals surface area (Å²) in [5.74, 6) is 1.75. The van der Waals surface area contributed by atoms with Gasteiger partial charge in [-0.05, 0) is 52.6 Å². The maximum Gasteiger partial charge on any atom is 0.167 e. The Morgan fingerprint density at radius 1 is 0.321 bits per heavy atom. The molecule has 0 spiro atoms. The van der Waals surface area contributed by atoms with Gasteiger partial charge >= 0.3 is 0 Å². The molecule has 5 heteroatoms. The number of rotatable bonds is 6. The van der Waals surface area contributed by atoms with Crippen molar-refractivity contribution in [2.24, 2.45) is 0 Å². The van der Waals surface area contributed by atoms with E-state index in [4.69, 9.17) is 19.4 Å². The van der Waals surface area contributed by atoms with Gasteiger partial charge in [0.15, 0.2) is 23.1 Å². The molecule has 0 saturated carbocycles. The second-order valence-electron chi connectivity index (χ2n) is 14.0. The number of benzene rings is 8. The topological polar surface area (TPSA) is 56.7 Å². The molecule has 0 aliphatic rings. The van der Waals surface area contributed by atoms with Crippen LogP contribution < -0.4 is 0 Å². The van der Waals surface area contributed by atoms with Crippen molar-refractivity contribution in [3.05, 3.63) is 194 Å². The number of para-hydroxylation sites is 3. The largest absolute Gasteiger partial charge is 0.453 e. The van der Waals surface area contributed by atoms with Crippen molar-refractivity contribution >= 4 is 43.7 Å². The van der Waals surface area contributed by atoms with Crippen molar-refractivity contribution in [2.75, 3.05) is 0 Å². The highest BCUT2D eigenvalue weighted by Gasteiger charge is 2.21. The fourth-order valence-electron chi connectivity index (χ4n) is 8.01. The lowest BCUT2D eigenvalue weighted by Gasteiger charge is -2.10. The number of hydrogen-bond acceptors (Lipinski definition) is 4. The van der Waals surface area contributed by atoms with Gasteiger partial charge in [-0.2, -0.15) is 0 Å². The maximum atomic E-state index is 7.05. The smallest absolute Gasteiger partial charge is 0.167 e. The SMILES string of the molecule is c1ccc(-c2cccc(-c3nc(-c4ccccc4)nc(-c4cccc5c4oc4c(-n6c7ccccc7c7ccc(-c8ccccc8)cc76)cccc45)n3)c2)cc1. The summed E-state index contributed by atoms with van der Waals surface area (Å²) in [4.78, 5) is 15.3. The summed E-state index contributed by atoms with van der Waals surface area (Å²) < 4.78 is 9.40. The lowest BCUT2D eigenvalue weighted by atomic mass is 10.0. The number of hydrogen-bond donors (Lipinski definition) is 0. The predicted octanol–water partition coefficient (Wildman–Crippen LogP) is 13.2. The molecule has 0 N–H and O–H groups in total. The minimum absolute atomic E-state index is 0.551. The van der Waals surface area contributed by atoms with Gasteiger partial charge in [-0.25, -0.2) is 15.0 Å². The van der Waals surface area contributed by atoms with E-state index in [0.29, 0.717) is 17.5 Å². The molecule has 3 aromatic heterocycles. The van der Waals surface area contributed by atoms with E-state index < -0.39 is 0 Å². The highest BCUT2D eigenvalue weighted by atomic mass is 16.3. The Bertz CT molecular complexity index is 3240. The number of furan rings is 1. The van der Waals surface area contributed by atoms with E-state index >= 15 is 0 Å². The van der Waals surface area contributed by atoms with Crippen molar-refractivity contribution in [1.29, 1.82) is 0 Å². The molecule has 0 aliphatic carbocycles. The molecule has 0 atom stereocenters. The molecule has 0 amide bonds. The molecule has 262 valence electrons. The van der Waals surface area contributed by atoms with E-state index in [1.54, 1.807) is 0 Å². The van der Waals surface area contributed by atoms with Crippen LogP contribution in [0.15, 0.2) is 199 Å². The number of nitrogens with zero attached hydrogens (tertiary/aromatic N) is 4. The summed E-state index contributed by atoms with van der Waals surface area (Å²) >= 11 is 0. The Morgan fingerprint density at radius 2 is 0.839 bits per heavy atom. The van der Waals surface area contributed by atoms with Gasteiger partial charge in [0.2, 0.25) is 0 Å². The summed E-state index contributed by atoms with van der Waals surface area (Å²) in [5.41, 5.74) is 11.9. The third-order valence-electron chi connectivity index (χ3n) is 10.7. The average Bonchev–Trinajstić information content (AvgIpc) is 3.83. The Labute approximate surface area is 322 Å². The van der Waals surface area contributed by atoms with Gasteiger partial charge in [-0.15, -0.1) is 0 Å². The normalized spacial score (nSPS) is 11.6. The second-order valence-corrected chi connectivity index (χ2v) is 14.0. The molecule has 56 heavy (non-hydrogen) atoms. The van der Waals surface area contributed by atoms with E-state index in [-0.39, 0.29) is 0 Å². The maximum absolute atomic E-state index is 7.05. The fraction of sp³-hybridized carbons (Fsp3) is 0. The van der Waals surface area contributed by atoms with E-state index in [1.807, 2.05) is 42.5 Å². The Hall–Kier alpha value is -7.63. The molecule has 0 bridgehead atoms. The van der Waals surface area contributed by atoms with Crippen LogP contribution in [0.1, 0.15) is 0 Å². The Balaban J connectivity index is 1.13. The van der Waals surface area contributed by atoms with Crippen LogP contribution >= 0.6 is 0 Å². The van der Waals surface area contributed by atoms with Gasteiger partial charge in [-0.3, -0.25) is 0 Å². The second kappa shape index (κ2) is 13.0. The molecule has 0 saturated heterocycles. The predicted molar refractivity (Wildman–Crippen MR) is 229 cm³/mol. The van der Waals surface area contributed by atoms with Gasteiger partial charge in [0, 0.05) is 32.7 Å². The van der Waals surface area contributed by atoms with Gasteiger partial charge < -0.3 is 8.98 Å². The molecule has 11 rings (SSSR count). The molecule has 8 aromatic carbocycles. The zero-order valence-electron chi connectivity index (χ0n) is 30.2. The van der Waals surface area contributed by atoms with Gasteiger partial charge in [0.1, 0.15) is 5.58 Å². The highest BCUT2D eigenvalue weighted by molar-refractivity contribution is 6.14. The lowest BCUT2D eigenvalue weighted by molar-refractivity contribution is 0.667. The number of fused-ring (bicyclic) bond motifs is 6. The highest BCUT2D eigenvalue weighted by Crippen LogP contribution is 2.41. The van der Waals surface area contributed by atoms with Crippen molar-refractivity contribution in [3.63, 3.8) is 0 Å². The molecule has 0 unspecified atom stereocenters. The summed E-state index contributed by atoms with van der Waals surface area (Å²) in [6.07, 6.45) is 0. The van der Waals surface area contributed by atoms with Crippen LogP contribution in [-0.4, -0.2) is 19.5 Å². The summed E-state index contributed by atoms with van der Waals surface area (Å²) in [7, 11) is 0. The van der Waals surface area contributed by atoms with Crippen LogP contribution in [0, 0.1) is 0 Å². The van der Waals surface area contributed by atoms with Crippen molar-refractivity contribution in [1.82, 2.24) is 19.5 Å². The molecule has 0 aliphatic heterocycles. The third-order valence-corrected chi connectivity index (χ3v) is 10.7. The molecule has 5 nitrogen and oxygen atoms in total. The first-order chi connectivity index (χ1) is 27.8. The molecule has 0 radical (unpaired) electrons. The quantitative estimate of drug-likeness (QED) is 0.172. The van der Waals surface area contributed by atoms with Crippen LogP contribution in [0.2, 0.25) is 0 Å². The zero-order valence-corrected chi connectivity index (χ0v) is 30.2. The first kappa shape index (κ1) is 31.9. The molecule has 3 heterocycles. The van der Waals surface area contributed by atoms with Crippen LogP contribution in [0.4, 0.5) is 0 Å². The molecule has 11 aromatic rings. The van der Waals surface area contributed by atoms with Crippen LogP contribution in [0.3, 0.4) is 0 Å². The summed E-state index contributed by atoms with van der Waals surface area (Å²) in [6, 6.07) is 67.4. The van der Waals surface area contributed by atoms with Gasteiger partial charge in [0.05, 0.1) is 22.3 Å². The zero-order chi connectivity index (χ0) is 37.0. The van der Waals surface area contributed by atoms with E-state index in [9.17, 15) is 0 Å². The Kier molecular flexibility index (Phi) is 7.42. The van der Waals surface area contributed by atoms with E-state index in [2.05, 4.69) is 156 Å². The number of aromatic nitrogens is 4. The van der Waals surface area contributed by atoms with Crippen LogP contribution in [0.25, 0.3) is 106 Å². The van der Waals surface area contributed by atoms with Gasteiger partial charge in [0.25, 0.3) is 0 Å². The summed E-state index contributed by atoms with van der Waals surface area (Å²) in [5, 5.41) is 4.41. The van der Waals surface area contributed by atoms with Crippen molar-refractivity contribution < 1.29 is 4.42 Å². The fourth-order valence-corrected chi connectivity index (χ4v) is 8.01. The monoisotopic (exact) mass is 716 g/mol. The Morgan fingerprint density at radius 3 is 1.59 bits per heavy atom. The molecular formula is C51H32N4O. The van der Waals surface area contributed by atoms with Crippen LogP contribution in [-0.2, 0) is 0 Å². The minimum atomic E-state index is 0.551. The first-order valence-electron chi connectivity index (χ1n) is 18.8. The average molecular weight is 717 g/mol. The lowest BCUT2D eigenvalue weighted by Crippen LogP contribution is -2.00.